The second-order valence-corrected chi connectivity index (χ2v) is 2.82. The molecule has 0 aliphatic carbocycles. The van der Waals surface area contributed by atoms with E-state index >= 15 is 0 Å². The number of hydrogen-bond donors (Lipinski definition) is 2. The number of pyridine rings is 1. The van der Waals surface area contributed by atoms with Crippen molar-refractivity contribution in [2.45, 2.75) is 6.43 Å². The lowest BCUT2D eigenvalue weighted by Crippen LogP contribution is -2.07. The Bertz CT molecular complexity index is 383. The second kappa shape index (κ2) is 3.75. The summed E-state index contributed by atoms with van der Waals surface area (Å²) in [4.78, 5) is 14.1. The van der Waals surface area contributed by atoms with E-state index in [4.69, 9.17) is 23.1 Å². The zero-order valence-electron chi connectivity index (χ0n) is 6.80. The summed E-state index contributed by atoms with van der Waals surface area (Å²) in [7, 11) is 0. The highest BCUT2D eigenvalue weighted by Crippen LogP contribution is 2.27. The van der Waals surface area contributed by atoms with Crippen LogP contribution in [0.4, 0.5) is 20.3 Å². The topological polar surface area (TPSA) is 82.0 Å². The Morgan fingerprint density at radius 3 is 2.50 bits per heavy atom. The zero-order valence-corrected chi connectivity index (χ0v) is 7.55. The Morgan fingerprint density at radius 2 is 2.07 bits per heavy atom. The number of halogens is 3. The molecule has 7 heteroatoms. The third-order valence-electron chi connectivity index (χ3n) is 1.53. The van der Waals surface area contributed by atoms with Gasteiger partial charge >= 0.3 is 0 Å². The molecule has 0 fully saturated rings. The first-order valence-corrected chi connectivity index (χ1v) is 3.85. The largest absolute Gasteiger partial charge is 0.396 e. The van der Waals surface area contributed by atoms with Crippen LogP contribution in [0.15, 0.2) is 6.07 Å². The number of rotatable bonds is 2. The third-order valence-corrected chi connectivity index (χ3v) is 1.71. The summed E-state index contributed by atoms with van der Waals surface area (Å²) in [5, 5.41) is -1.09. The fraction of sp³-hybridized carbons (Fsp3) is 0.143. The van der Waals surface area contributed by atoms with Gasteiger partial charge in [0.1, 0.15) is 11.5 Å². The standard InChI is InChI=1S/C7H6ClF2N3O/c8-5(14)4-2(6(9)10)1-3(11)7(12)13-4/h1,6H,11H2,(H2,12,13). The lowest BCUT2D eigenvalue weighted by molar-refractivity contribution is 0.106. The molecule has 0 bridgehead atoms. The number of nitrogen functional groups attached to an aromatic ring is 2. The highest BCUT2D eigenvalue weighted by atomic mass is 35.5. The van der Waals surface area contributed by atoms with Crippen LogP contribution in [0.5, 0.6) is 0 Å². The number of hydrogen-bond acceptors (Lipinski definition) is 4. The monoisotopic (exact) mass is 221 g/mol. The number of nitrogens with zero attached hydrogens (tertiary/aromatic N) is 1. The maximum Gasteiger partial charge on any atom is 0.271 e. The number of aromatic nitrogens is 1. The van der Waals surface area contributed by atoms with Crippen molar-refractivity contribution >= 4 is 28.3 Å². The first kappa shape index (κ1) is 10.6. The number of carbonyl (C=O) groups excluding carboxylic acids is 1. The van der Waals surface area contributed by atoms with Crippen LogP contribution in [0.3, 0.4) is 0 Å². The Morgan fingerprint density at radius 1 is 1.50 bits per heavy atom. The molecule has 0 aliphatic rings. The van der Waals surface area contributed by atoms with E-state index in [9.17, 15) is 13.6 Å². The van der Waals surface area contributed by atoms with E-state index in [1.165, 1.54) is 0 Å². The highest BCUT2D eigenvalue weighted by Gasteiger charge is 2.20. The molecule has 4 nitrogen and oxygen atoms in total. The summed E-state index contributed by atoms with van der Waals surface area (Å²) in [6.45, 7) is 0. The van der Waals surface area contributed by atoms with E-state index in [1.54, 1.807) is 0 Å². The molecule has 0 spiro atoms. The number of nitrogens with two attached hydrogens (primary N) is 2. The Balaban J connectivity index is 3.39. The van der Waals surface area contributed by atoms with Crippen molar-refractivity contribution in [3.63, 3.8) is 0 Å². The third kappa shape index (κ3) is 1.90. The van der Waals surface area contributed by atoms with E-state index in [0.29, 0.717) is 0 Å². The van der Waals surface area contributed by atoms with Gasteiger partial charge in [0.2, 0.25) is 0 Å². The van der Waals surface area contributed by atoms with E-state index in [2.05, 4.69) is 4.98 Å². The molecule has 0 saturated heterocycles. The maximum atomic E-state index is 12.4. The van der Waals surface area contributed by atoms with Crippen LogP contribution in [0.2, 0.25) is 0 Å². The molecule has 0 aromatic carbocycles. The summed E-state index contributed by atoms with van der Waals surface area (Å²) >= 11 is 5.05. The summed E-state index contributed by atoms with van der Waals surface area (Å²) in [5.74, 6) is -0.196. The Kier molecular flexibility index (Phi) is 2.85. The van der Waals surface area contributed by atoms with Crippen molar-refractivity contribution in [2.24, 2.45) is 0 Å². The van der Waals surface area contributed by atoms with Crippen molar-refractivity contribution in [1.82, 2.24) is 4.98 Å². The summed E-state index contributed by atoms with van der Waals surface area (Å²) < 4.78 is 24.7. The molecule has 0 amide bonds. The summed E-state index contributed by atoms with van der Waals surface area (Å²) in [5.41, 5.74) is 9.20. The van der Waals surface area contributed by atoms with Gasteiger partial charge in [0.15, 0.2) is 0 Å². The smallest absolute Gasteiger partial charge is 0.271 e. The predicted octanol–water partition coefficient (Wildman–Crippen LogP) is 1.56. The van der Waals surface area contributed by atoms with E-state index in [1.807, 2.05) is 0 Å². The molecule has 1 aromatic heterocycles. The molecular weight excluding hydrogens is 216 g/mol. The molecule has 0 atom stereocenters. The zero-order chi connectivity index (χ0) is 10.9. The summed E-state index contributed by atoms with van der Waals surface area (Å²) in [6, 6.07) is 0.891. The van der Waals surface area contributed by atoms with Crippen LogP contribution in [-0.4, -0.2) is 10.2 Å². The molecule has 1 heterocycles. The van der Waals surface area contributed by atoms with Crippen LogP contribution in [-0.2, 0) is 0 Å². The minimum Gasteiger partial charge on any atom is -0.396 e. The van der Waals surface area contributed by atoms with Gasteiger partial charge in [-0.3, -0.25) is 4.79 Å². The summed E-state index contributed by atoms with van der Waals surface area (Å²) in [6.07, 6.45) is -2.87. The average molecular weight is 222 g/mol. The van der Waals surface area contributed by atoms with Gasteiger partial charge in [-0.1, -0.05) is 0 Å². The van der Waals surface area contributed by atoms with Crippen molar-refractivity contribution in [2.75, 3.05) is 11.5 Å². The van der Waals surface area contributed by atoms with Gasteiger partial charge < -0.3 is 11.5 Å². The van der Waals surface area contributed by atoms with Gasteiger partial charge in [-0.25, -0.2) is 13.8 Å². The Hall–Kier alpha value is -1.43. The van der Waals surface area contributed by atoms with Gasteiger partial charge in [0.05, 0.1) is 11.3 Å². The maximum absolute atomic E-state index is 12.4. The van der Waals surface area contributed by atoms with Gasteiger partial charge in [0.25, 0.3) is 11.7 Å². The first-order valence-electron chi connectivity index (χ1n) is 3.47. The van der Waals surface area contributed by atoms with Gasteiger partial charge in [-0.15, -0.1) is 0 Å². The van der Waals surface area contributed by atoms with Gasteiger partial charge in [0, 0.05) is 0 Å². The van der Waals surface area contributed by atoms with E-state index in [-0.39, 0.29) is 11.5 Å². The molecule has 76 valence electrons. The van der Waals surface area contributed by atoms with Crippen molar-refractivity contribution in [1.29, 1.82) is 0 Å². The van der Waals surface area contributed by atoms with Gasteiger partial charge in [-0.2, -0.15) is 0 Å². The SMILES string of the molecule is Nc1cc(C(F)F)c(C(=O)Cl)nc1N. The quantitative estimate of drug-likeness (QED) is 0.743. The van der Waals surface area contributed by atoms with Crippen molar-refractivity contribution in [3.05, 3.63) is 17.3 Å². The lowest BCUT2D eigenvalue weighted by atomic mass is 10.2. The van der Waals surface area contributed by atoms with Crippen molar-refractivity contribution < 1.29 is 13.6 Å². The van der Waals surface area contributed by atoms with Crippen LogP contribution in [0.1, 0.15) is 22.5 Å². The first-order chi connectivity index (χ1) is 6.43. The van der Waals surface area contributed by atoms with Crippen molar-refractivity contribution in [3.8, 4) is 0 Å². The molecule has 4 N–H and O–H groups in total. The second-order valence-electron chi connectivity index (χ2n) is 2.48. The normalized spacial score (nSPS) is 10.6. The van der Waals surface area contributed by atoms with Gasteiger partial charge in [-0.05, 0) is 17.7 Å². The van der Waals surface area contributed by atoms with Crippen LogP contribution >= 0.6 is 11.6 Å². The molecule has 0 unspecified atom stereocenters. The van der Waals surface area contributed by atoms with E-state index < -0.39 is 22.9 Å². The highest BCUT2D eigenvalue weighted by molar-refractivity contribution is 6.67. The van der Waals surface area contributed by atoms with E-state index in [0.717, 1.165) is 6.07 Å². The van der Waals surface area contributed by atoms with Crippen LogP contribution in [0, 0.1) is 0 Å². The molecular formula is C7H6ClF2N3O. The fourth-order valence-corrected chi connectivity index (χ4v) is 1.03. The number of anilines is 2. The predicted molar refractivity (Wildman–Crippen MR) is 48.2 cm³/mol. The molecule has 0 saturated carbocycles. The molecule has 1 aromatic rings. The minimum atomic E-state index is -2.87. The molecule has 0 radical (unpaired) electrons. The van der Waals surface area contributed by atoms with Crippen LogP contribution < -0.4 is 11.5 Å². The minimum absolute atomic E-state index is 0.109. The number of carbonyl (C=O) groups is 1. The fourth-order valence-electron chi connectivity index (χ4n) is 0.883. The number of alkyl halides is 2. The molecule has 14 heavy (non-hydrogen) atoms. The van der Waals surface area contributed by atoms with Crippen LogP contribution in [0.25, 0.3) is 0 Å². The Labute approximate surface area is 82.9 Å². The average Bonchev–Trinajstić information content (AvgIpc) is 2.08. The lowest BCUT2D eigenvalue weighted by Gasteiger charge is -2.07. The molecule has 0 aliphatic heterocycles. The molecule has 1 rings (SSSR count).